The van der Waals surface area contributed by atoms with Gasteiger partial charge >= 0.3 is 0 Å². The van der Waals surface area contributed by atoms with Gasteiger partial charge in [0.1, 0.15) is 17.5 Å². The first kappa shape index (κ1) is 19.0. The standard InChI is InChI=1S/C21H24F2N4/c1-3-13(7-8-24)27-18-9-15(20-12(2)5-4-6-17(20)22)21(23)16-11-26-19(25)10-14(16)18/h4-6,9-11,13,27H,3,7-8,24H2,1-2H3,(H2,25,26). The molecule has 0 aliphatic carbocycles. The van der Waals surface area contributed by atoms with Crippen LogP contribution in [0.3, 0.4) is 0 Å². The van der Waals surface area contributed by atoms with Gasteiger partial charge in [0, 0.05) is 39.8 Å². The summed E-state index contributed by atoms with van der Waals surface area (Å²) in [5.74, 6) is -0.675. The summed E-state index contributed by atoms with van der Waals surface area (Å²) in [7, 11) is 0. The lowest BCUT2D eigenvalue weighted by Crippen LogP contribution is -2.22. The first-order chi connectivity index (χ1) is 13.0. The molecule has 0 spiro atoms. The number of hydrogen-bond donors (Lipinski definition) is 3. The molecule has 3 aromatic rings. The Hall–Kier alpha value is -2.73. The molecule has 4 nitrogen and oxygen atoms in total. The molecule has 1 atom stereocenters. The Morgan fingerprint density at radius 2 is 1.96 bits per heavy atom. The number of hydrogen-bond acceptors (Lipinski definition) is 4. The van der Waals surface area contributed by atoms with Crippen LogP contribution in [0, 0.1) is 18.6 Å². The average molecular weight is 370 g/mol. The highest BCUT2D eigenvalue weighted by Crippen LogP contribution is 2.37. The number of anilines is 2. The number of nitrogens with one attached hydrogen (secondary N) is 1. The van der Waals surface area contributed by atoms with E-state index in [1.807, 2.05) is 0 Å². The van der Waals surface area contributed by atoms with Crippen LogP contribution >= 0.6 is 0 Å². The van der Waals surface area contributed by atoms with Crippen molar-refractivity contribution < 1.29 is 8.78 Å². The maximum absolute atomic E-state index is 15.3. The molecule has 1 unspecified atom stereocenters. The van der Waals surface area contributed by atoms with Crippen molar-refractivity contribution in [3.05, 3.63) is 53.7 Å². The highest BCUT2D eigenvalue weighted by molar-refractivity contribution is 5.99. The Balaban J connectivity index is 2.27. The van der Waals surface area contributed by atoms with Crippen molar-refractivity contribution in [2.24, 2.45) is 5.73 Å². The molecule has 2 aromatic carbocycles. The molecule has 3 rings (SSSR count). The Labute approximate surface area is 157 Å². The van der Waals surface area contributed by atoms with Gasteiger partial charge in [0.25, 0.3) is 0 Å². The minimum atomic E-state index is -0.511. The monoisotopic (exact) mass is 370 g/mol. The van der Waals surface area contributed by atoms with E-state index in [0.29, 0.717) is 34.4 Å². The molecule has 0 aliphatic rings. The van der Waals surface area contributed by atoms with Gasteiger partial charge in [-0.3, -0.25) is 0 Å². The summed E-state index contributed by atoms with van der Waals surface area (Å²) in [6.07, 6.45) is 3.02. The molecule has 27 heavy (non-hydrogen) atoms. The van der Waals surface area contributed by atoms with Gasteiger partial charge in [0.15, 0.2) is 0 Å². The van der Waals surface area contributed by atoms with E-state index in [1.54, 1.807) is 31.2 Å². The quantitative estimate of drug-likeness (QED) is 0.592. The van der Waals surface area contributed by atoms with E-state index in [0.717, 1.165) is 12.8 Å². The fraction of sp³-hybridized carbons (Fsp3) is 0.286. The van der Waals surface area contributed by atoms with E-state index in [-0.39, 0.29) is 17.2 Å². The lowest BCUT2D eigenvalue weighted by atomic mass is 9.95. The Morgan fingerprint density at radius 3 is 2.63 bits per heavy atom. The molecule has 5 N–H and O–H groups in total. The summed E-state index contributed by atoms with van der Waals surface area (Å²) in [5, 5.41) is 4.34. The van der Waals surface area contributed by atoms with Gasteiger partial charge in [-0.15, -0.1) is 0 Å². The third kappa shape index (κ3) is 3.71. The zero-order valence-electron chi connectivity index (χ0n) is 15.5. The van der Waals surface area contributed by atoms with E-state index in [1.165, 1.54) is 12.3 Å². The van der Waals surface area contributed by atoms with Crippen LogP contribution in [0.5, 0.6) is 0 Å². The average Bonchev–Trinajstić information content (AvgIpc) is 2.64. The van der Waals surface area contributed by atoms with E-state index >= 15 is 4.39 Å². The molecule has 0 saturated heterocycles. The van der Waals surface area contributed by atoms with Gasteiger partial charge in [0.05, 0.1) is 0 Å². The van der Waals surface area contributed by atoms with Crippen molar-refractivity contribution in [1.29, 1.82) is 0 Å². The number of nitrogen functional groups attached to an aromatic ring is 1. The van der Waals surface area contributed by atoms with Gasteiger partial charge in [-0.1, -0.05) is 19.1 Å². The van der Waals surface area contributed by atoms with Gasteiger partial charge < -0.3 is 16.8 Å². The van der Waals surface area contributed by atoms with Crippen LogP contribution in [-0.4, -0.2) is 17.6 Å². The van der Waals surface area contributed by atoms with Crippen LogP contribution in [0.2, 0.25) is 0 Å². The van der Waals surface area contributed by atoms with Gasteiger partial charge in [0.2, 0.25) is 0 Å². The SMILES string of the molecule is CCC(CCN)Nc1cc(-c2c(C)cccc2F)c(F)c2cnc(N)cc12. The molecule has 0 amide bonds. The normalized spacial score (nSPS) is 12.3. The first-order valence-corrected chi connectivity index (χ1v) is 9.06. The van der Waals surface area contributed by atoms with Crippen molar-refractivity contribution in [3.8, 4) is 11.1 Å². The highest BCUT2D eigenvalue weighted by Gasteiger charge is 2.19. The molecule has 6 heteroatoms. The second kappa shape index (κ2) is 7.88. The zero-order chi connectivity index (χ0) is 19.6. The predicted molar refractivity (Wildman–Crippen MR) is 108 cm³/mol. The third-order valence-corrected chi connectivity index (χ3v) is 4.84. The van der Waals surface area contributed by atoms with Crippen LogP contribution in [-0.2, 0) is 0 Å². The number of pyridine rings is 1. The Bertz CT molecular complexity index is 952. The van der Waals surface area contributed by atoms with E-state index in [4.69, 9.17) is 11.5 Å². The number of aromatic nitrogens is 1. The van der Waals surface area contributed by atoms with Crippen molar-refractivity contribution in [1.82, 2.24) is 4.98 Å². The van der Waals surface area contributed by atoms with Crippen molar-refractivity contribution in [2.75, 3.05) is 17.6 Å². The predicted octanol–water partition coefficient (Wildman–Crippen LogP) is 4.61. The van der Waals surface area contributed by atoms with Crippen LogP contribution in [0.1, 0.15) is 25.3 Å². The molecular formula is C21H24F2N4. The second-order valence-electron chi connectivity index (χ2n) is 6.70. The summed E-state index contributed by atoms with van der Waals surface area (Å²) >= 11 is 0. The Kier molecular flexibility index (Phi) is 5.56. The fourth-order valence-corrected chi connectivity index (χ4v) is 3.37. The molecule has 0 aliphatic heterocycles. The van der Waals surface area contributed by atoms with E-state index in [2.05, 4.69) is 17.2 Å². The van der Waals surface area contributed by atoms with Crippen molar-refractivity contribution in [2.45, 2.75) is 32.7 Å². The molecule has 0 fully saturated rings. The fourth-order valence-electron chi connectivity index (χ4n) is 3.37. The summed E-state index contributed by atoms with van der Waals surface area (Å²) < 4.78 is 29.8. The smallest absolute Gasteiger partial charge is 0.140 e. The first-order valence-electron chi connectivity index (χ1n) is 9.06. The third-order valence-electron chi connectivity index (χ3n) is 4.84. The number of benzene rings is 2. The van der Waals surface area contributed by atoms with Gasteiger partial charge in [-0.05, 0) is 50.1 Å². The maximum Gasteiger partial charge on any atom is 0.140 e. The number of halogens is 2. The number of nitrogens with two attached hydrogens (primary N) is 2. The number of rotatable bonds is 6. The largest absolute Gasteiger partial charge is 0.384 e. The van der Waals surface area contributed by atoms with Crippen LogP contribution < -0.4 is 16.8 Å². The summed E-state index contributed by atoms with van der Waals surface area (Å²) in [6, 6.07) is 8.12. The molecule has 1 aromatic heterocycles. The highest BCUT2D eigenvalue weighted by atomic mass is 19.1. The lowest BCUT2D eigenvalue weighted by molar-refractivity contribution is 0.620. The topological polar surface area (TPSA) is 77.0 Å². The summed E-state index contributed by atoms with van der Waals surface area (Å²) in [5.41, 5.74) is 13.3. The molecular weight excluding hydrogens is 346 g/mol. The molecule has 1 heterocycles. The van der Waals surface area contributed by atoms with Crippen LogP contribution in [0.25, 0.3) is 21.9 Å². The Morgan fingerprint density at radius 1 is 1.19 bits per heavy atom. The van der Waals surface area contributed by atoms with Gasteiger partial charge in [-0.25, -0.2) is 13.8 Å². The maximum atomic E-state index is 15.3. The number of fused-ring (bicyclic) bond motifs is 1. The number of nitrogens with zero attached hydrogens (tertiary/aromatic N) is 1. The van der Waals surface area contributed by atoms with E-state index < -0.39 is 11.6 Å². The second-order valence-corrected chi connectivity index (χ2v) is 6.70. The zero-order valence-corrected chi connectivity index (χ0v) is 15.5. The van der Waals surface area contributed by atoms with Crippen molar-refractivity contribution >= 4 is 22.3 Å². The lowest BCUT2D eigenvalue weighted by Gasteiger charge is -2.21. The minimum Gasteiger partial charge on any atom is -0.384 e. The van der Waals surface area contributed by atoms with Crippen LogP contribution in [0.15, 0.2) is 36.5 Å². The molecule has 0 saturated carbocycles. The summed E-state index contributed by atoms with van der Waals surface area (Å²) in [6.45, 7) is 4.35. The minimum absolute atomic E-state index is 0.118. The molecule has 0 bridgehead atoms. The van der Waals surface area contributed by atoms with Crippen molar-refractivity contribution in [3.63, 3.8) is 0 Å². The number of aryl methyl sites for hydroxylation is 1. The summed E-state index contributed by atoms with van der Waals surface area (Å²) in [4.78, 5) is 4.02. The van der Waals surface area contributed by atoms with Gasteiger partial charge in [-0.2, -0.15) is 0 Å². The van der Waals surface area contributed by atoms with E-state index in [9.17, 15) is 4.39 Å². The molecule has 142 valence electrons. The molecule has 0 radical (unpaired) electrons. The van der Waals surface area contributed by atoms with Crippen LogP contribution in [0.4, 0.5) is 20.3 Å².